The second-order valence-electron chi connectivity index (χ2n) is 8.08. The van der Waals surface area contributed by atoms with Crippen LogP contribution in [0.4, 0.5) is 11.6 Å². The van der Waals surface area contributed by atoms with Gasteiger partial charge in [-0.05, 0) is 24.6 Å². The maximum absolute atomic E-state index is 11.7. The third-order valence-electron chi connectivity index (χ3n) is 6.12. The minimum atomic E-state index is 0.147. The molecule has 0 saturated carbocycles. The van der Waals surface area contributed by atoms with Gasteiger partial charge in [0.15, 0.2) is 5.82 Å². The summed E-state index contributed by atoms with van der Waals surface area (Å²) in [6.07, 6.45) is 4.51. The summed E-state index contributed by atoms with van der Waals surface area (Å²) in [6, 6.07) is 12.4. The van der Waals surface area contributed by atoms with E-state index in [0.29, 0.717) is 5.92 Å². The lowest BCUT2D eigenvalue weighted by molar-refractivity contribution is -0.128. The first-order valence-electron chi connectivity index (χ1n) is 10.6. The Morgan fingerprint density at radius 3 is 2.63 bits per heavy atom. The molecule has 2 aliphatic heterocycles. The highest BCUT2D eigenvalue weighted by atomic mass is 16.2. The van der Waals surface area contributed by atoms with Gasteiger partial charge in [-0.2, -0.15) is 0 Å². The largest absolute Gasteiger partial charge is 0.355 e. The maximum atomic E-state index is 11.7. The van der Waals surface area contributed by atoms with Gasteiger partial charge in [0.05, 0.1) is 11.2 Å². The van der Waals surface area contributed by atoms with Gasteiger partial charge in [-0.15, -0.1) is 0 Å². The Labute approximate surface area is 176 Å². The minimum Gasteiger partial charge on any atom is -0.355 e. The number of rotatable bonds is 3. The Balaban J connectivity index is 1.31. The molecule has 2 aliphatic rings. The molecule has 3 aromatic rings. The molecule has 7 heteroatoms. The third-order valence-corrected chi connectivity index (χ3v) is 6.12. The van der Waals surface area contributed by atoms with Crippen molar-refractivity contribution in [3.05, 3.63) is 54.5 Å². The second-order valence-corrected chi connectivity index (χ2v) is 8.08. The smallest absolute Gasteiger partial charge is 0.219 e. The van der Waals surface area contributed by atoms with Crippen molar-refractivity contribution >= 4 is 28.4 Å². The van der Waals surface area contributed by atoms with E-state index in [1.807, 2.05) is 17.0 Å². The molecule has 2 saturated heterocycles. The summed E-state index contributed by atoms with van der Waals surface area (Å²) >= 11 is 0. The predicted molar refractivity (Wildman–Crippen MR) is 118 cm³/mol. The number of nitrogens with zero attached hydrogens (tertiary/aromatic N) is 6. The third kappa shape index (κ3) is 3.56. The summed E-state index contributed by atoms with van der Waals surface area (Å²) in [5.41, 5.74) is 2.09. The van der Waals surface area contributed by atoms with E-state index >= 15 is 0 Å². The molecule has 1 amide bonds. The molecule has 0 radical (unpaired) electrons. The Kier molecular flexibility index (Phi) is 4.94. The molecule has 0 N–H and O–H groups in total. The van der Waals surface area contributed by atoms with Crippen LogP contribution in [0.25, 0.3) is 10.9 Å². The highest BCUT2D eigenvalue weighted by Gasteiger charge is 2.33. The number of fused-ring (bicyclic) bond motifs is 1. The van der Waals surface area contributed by atoms with Crippen LogP contribution in [0, 0.1) is 0 Å². The van der Waals surface area contributed by atoms with Crippen molar-refractivity contribution in [1.82, 2.24) is 19.9 Å². The van der Waals surface area contributed by atoms with Crippen LogP contribution in [0.15, 0.2) is 48.8 Å². The fourth-order valence-electron chi connectivity index (χ4n) is 4.39. The molecule has 154 valence electrons. The van der Waals surface area contributed by atoms with Crippen molar-refractivity contribution in [2.75, 3.05) is 49.1 Å². The standard InChI is InChI=1S/C23H26N6O/c1-17(30)27-11-4-12-28(14-13-27)23-22(24-9-10-25-23)19-15-29(16-19)21-8-7-18-5-2-3-6-20(18)26-21/h2-3,5-10,19H,4,11-16H2,1H3. The normalized spacial score (nSPS) is 17.7. The molecule has 5 rings (SSSR count). The summed E-state index contributed by atoms with van der Waals surface area (Å²) in [5, 5.41) is 1.16. The van der Waals surface area contributed by atoms with E-state index in [9.17, 15) is 4.79 Å². The molecule has 30 heavy (non-hydrogen) atoms. The monoisotopic (exact) mass is 402 g/mol. The number of anilines is 2. The van der Waals surface area contributed by atoms with Crippen LogP contribution >= 0.6 is 0 Å². The molecule has 1 aromatic carbocycles. The molecule has 2 aromatic heterocycles. The van der Waals surface area contributed by atoms with E-state index in [2.05, 4.69) is 39.0 Å². The van der Waals surface area contributed by atoms with Crippen molar-refractivity contribution < 1.29 is 4.79 Å². The van der Waals surface area contributed by atoms with Crippen LogP contribution in [0.2, 0.25) is 0 Å². The van der Waals surface area contributed by atoms with Crippen LogP contribution in [0.1, 0.15) is 25.0 Å². The van der Waals surface area contributed by atoms with Crippen molar-refractivity contribution in [2.24, 2.45) is 0 Å². The van der Waals surface area contributed by atoms with Gasteiger partial charge in [0.2, 0.25) is 5.91 Å². The Hall–Kier alpha value is -3.22. The number of amides is 1. The Morgan fingerprint density at radius 1 is 0.933 bits per heavy atom. The average Bonchev–Trinajstić information content (AvgIpc) is 2.99. The molecule has 0 spiro atoms. The molecule has 0 aliphatic carbocycles. The number of aromatic nitrogens is 3. The van der Waals surface area contributed by atoms with E-state index in [4.69, 9.17) is 9.97 Å². The van der Waals surface area contributed by atoms with Gasteiger partial charge >= 0.3 is 0 Å². The SMILES string of the molecule is CC(=O)N1CCCN(c2nccnc2C2CN(c3ccc4ccccc4n3)C2)CC1. The van der Waals surface area contributed by atoms with E-state index in [-0.39, 0.29) is 5.91 Å². The molecular formula is C23H26N6O. The Morgan fingerprint density at radius 2 is 1.77 bits per heavy atom. The zero-order chi connectivity index (χ0) is 20.5. The quantitative estimate of drug-likeness (QED) is 0.671. The van der Waals surface area contributed by atoms with Gasteiger partial charge in [0.25, 0.3) is 0 Å². The average molecular weight is 403 g/mol. The predicted octanol–water partition coefficient (Wildman–Crippen LogP) is 2.69. The summed E-state index contributed by atoms with van der Waals surface area (Å²) in [5.74, 6) is 2.48. The van der Waals surface area contributed by atoms with E-state index in [0.717, 1.165) is 73.9 Å². The van der Waals surface area contributed by atoms with Gasteiger partial charge < -0.3 is 14.7 Å². The summed E-state index contributed by atoms with van der Waals surface area (Å²) in [6.45, 7) is 6.68. The van der Waals surface area contributed by atoms with Crippen molar-refractivity contribution in [1.29, 1.82) is 0 Å². The van der Waals surface area contributed by atoms with E-state index < -0.39 is 0 Å². The van der Waals surface area contributed by atoms with Crippen LogP contribution in [-0.4, -0.2) is 65.0 Å². The van der Waals surface area contributed by atoms with Crippen LogP contribution in [-0.2, 0) is 4.79 Å². The lowest BCUT2D eigenvalue weighted by atomic mass is 9.95. The number of hydrogen-bond donors (Lipinski definition) is 0. The fourth-order valence-corrected chi connectivity index (χ4v) is 4.39. The number of carbonyl (C=O) groups excluding carboxylic acids is 1. The molecule has 7 nitrogen and oxygen atoms in total. The molecule has 0 atom stereocenters. The van der Waals surface area contributed by atoms with Crippen molar-refractivity contribution in [2.45, 2.75) is 19.3 Å². The van der Waals surface area contributed by atoms with Crippen LogP contribution < -0.4 is 9.80 Å². The van der Waals surface area contributed by atoms with Gasteiger partial charge in [0.1, 0.15) is 5.82 Å². The number of carbonyl (C=O) groups is 1. The summed E-state index contributed by atoms with van der Waals surface area (Å²) < 4.78 is 0. The summed E-state index contributed by atoms with van der Waals surface area (Å²) in [7, 11) is 0. The minimum absolute atomic E-state index is 0.147. The zero-order valence-electron chi connectivity index (χ0n) is 17.2. The first-order chi connectivity index (χ1) is 14.7. The summed E-state index contributed by atoms with van der Waals surface area (Å²) in [4.78, 5) is 32.5. The van der Waals surface area contributed by atoms with E-state index in [1.54, 1.807) is 19.3 Å². The molecular weight excluding hydrogens is 376 g/mol. The van der Waals surface area contributed by atoms with Crippen molar-refractivity contribution in [3.8, 4) is 0 Å². The van der Waals surface area contributed by atoms with E-state index in [1.165, 1.54) is 0 Å². The lowest BCUT2D eigenvalue weighted by Gasteiger charge is -2.41. The zero-order valence-corrected chi connectivity index (χ0v) is 17.2. The van der Waals surface area contributed by atoms with Gasteiger partial charge in [-0.3, -0.25) is 9.78 Å². The number of hydrogen-bond acceptors (Lipinski definition) is 6. The molecule has 2 fully saturated rings. The Bertz CT molecular complexity index is 1060. The lowest BCUT2D eigenvalue weighted by Crippen LogP contribution is -2.46. The van der Waals surface area contributed by atoms with Gasteiger partial charge in [-0.25, -0.2) is 9.97 Å². The maximum Gasteiger partial charge on any atom is 0.219 e. The molecule has 4 heterocycles. The highest BCUT2D eigenvalue weighted by Crippen LogP contribution is 2.34. The van der Waals surface area contributed by atoms with Gasteiger partial charge in [0, 0.05) is 69.9 Å². The first-order valence-corrected chi connectivity index (χ1v) is 10.6. The highest BCUT2D eigenvalue weighted by molar-refractivity contribution is 5.80. The number of para-hydroxylation sites is 1. The number of benzene rings is 1. The van der Waals surface area contributed by atoms with Crippen LogP contribution in [0.3, 0.4) is 0 Å². The topological polar surface area (TPSA) is 65.5 Å². The first kappa shape index (κ1) is 18.8. The van der Waals surface area contributed by atoms with Crippen LogP contribution in [0.5, 0.6) is 0 Å². The second kappa shape index (κ2) is 7.89. The van der Waals surface area contributed by atoms with Crippen molar-refractivity contribution in [3.63, 3.8) is 0 Å². The molecule has 0 unspecified atom stereocenters. The number of pyridine rings is 1. The fraction of sp³-hybridized carbons (Fsp3) is 0.391. The molecule has 0 bridgehead atoms. The van der Waals surface area contributed by atoms with Gasteiger partial charge in [-0.1, -0.05) is 18.2 Å².